The van der Waals surface area contributed by atoms with Gasteiger partial charge in [-0.25, -0.2) is 0 Å². The summed E-state index contributed by atoms with van der Waals surface area (Å²) in [6, 6.07) is 4.79. The molecule has 92 valence electrons. The van der Waals surface area contributed by atoms with E-state index in [2.05, 4.69) is 10.1 Å². The van der Waals surface area contributed by atoms with E-state index in [1.54, 1.807) is 19.1 Å². The molecule has 0 aliphatic carbocycles. The molecular formula is C11H14N2O4. The third-order valence-corrected chi connectivity index (χ3v) is 2.37. The summed E-state index contributed by atoms with van der Waals surface area (Å²) in [4.78, 5) is 21.5. The quantitative estimate of drug-likeness (QED) is 0.616. The van der Waals surface area contributed by atoms with Crippen LogP contribution in [0.5, 0.6) is 0 Å². The Labute approximate surface area is 98.7 Å². The summed E-state index contributed by atoms with van der Waals surface area (Å²) >= 11 is 0. The number of nitrogens with one attached hydrogen (secondary N) is 1. The number of hydrogen-bond donors (Lipinski definition) is 1. The number of nitro benzene ring substituents is 1. The highest BCUT2D eigenvalue weighted by Gasteiger charge is 2.13. The van der Waals surface area contributed by atoms with Gasteiger partial charge in [0.25, 0.3) is 5.69 Å². The monoisotopic (exact) mass is 238 g/mol. The third kappa shape index (κ3) is 3.53. The Bertz CT molecular complexity index is 431. The molecule has 17 heavy (non-hydrogen) atoms. The van der Waals surface area contributed by atoms with Gasteiger partial charge in [0.15, 0.2) is 0 Å². The number of amides is 1. The number of nitro groups is 1. The molecule has 0 heterocycles. The first-order valence-corrected chi connectivity index (χ1v) is 5.04. The highest BCUT2D eigenvalue weighted by Crippen LogP contribution is 2.20. The molecule has 1 rings (SSSR count). The van der Waals surface area contributed by atoms with Crippen molar-refractivity contribution >= 4 is 11.6 Å². The Kier molecular flexibility index (Phi) is 4.59. The molecule has 0 aliphatic heterocycles. The van der Waals surface area contributed by atoms with E-state index in [0.717, 1.165) is 5.56 Å². The van der Waals surface area contributed by atoms with Crippen LogP contribution in [-0.4, -0.2) is 24.5 Å². The maximum Gasteiger partial charge on any atom is 0.272 e. The lowest BCUT2D eigenvalue weighted by Crippen LogP contribution is -2.26. The molecule has 1 N–H and O–H groups in total. The normalized spacial score (nSPS) is 10.0. The van der Waals surface area contributed by atoms with E-state index in [-0.39, 0.29) is 24.7 Å². The van der Waals surface area contributed by atoms with Crippen molar-refractivity contribution < 1.29 is 14.5 Å². The summed E-state index contributed by atoms with van der Waals surface area (Å²) in [7, 11) is 1.43. The van der Waals surface area contributed by atoms with Crippen molar-refractivity contribution in [3.05, 3.63) is 39.4 Å². The van der Waals surface area contributed by atoms with Crippen molar-refractivity contribution in [3.8, 4) is 0 Å². The summed E-state index contributed by atoms with van der Waals surface area (Å²) in [5.74, 6) is -0.251. The number of benzene rings is 1. The average Bonchev–Trinajstić information content (AvgIpc) is 2.27. The van der Waals surface area contributed by atoms with Crippen molar-refractivity contribution in [2.24, 2.45) is 0 Å². The van der Waals surface area contributed by atoms with Crippen LogP contribution < -0.4 is 5.32 Å². The van der Waals surface area contributed by atoms with E-state index in [0.29, 0.717) is 5.56 Å². The van der Waals surface area contributed by atoms with Crippen molar-refractivity contribution in [1.29, 1.82) is 0 Å². The molecule has 1 aromatic carbocycles. The van der Waals surface area contributed by atoms with E-state index >= 15 is 0 Å². The van der Waals surface area contributed by atoms with E-state index in [1.807, 2.05) is 0 Å². The highest BCUT2D eigenvalue weighted by molar-refractivity contribution is 5.77. The average molecular weight is 238 g/mol. The Hall–Kier alpha value is -1.95. The molecule has 0 saturated carbocycles. The molecule has 0 spiro atoms. The number of ether oxygens (including phenoxy) is 1. The van der Waals surface area contributed by atoms with Crippen LogP contribution in [0.1, 0.15) is 11.1 Å². The number of methoxy groups -OCH3 is 1. The zero-order chi connectivity index (χ0) is 12.8. The van der Waals surface area contributed by atoms with Gasteiger partial charge in [-0.2, -0.15) is 0 Å². The minimum absolute atomic E-state index is 0.0199. The van der Waals surface area contributed by atoms with Gasteiger partial charge in [-0.05, 0) is 12.5 Å². The SMILES string of the molecule is COCC(=O)NCc1cccc([N+](=O)[O-])c1C. The van der Waals surface area contributed by atoms with Gasteiger partial charge < -0.3 is 10.1 Å². The smallest absolute Gasteiger partial charge is 0.272 e. The molecule has 0 unspecified atom stereocenters. The van der Waals surface area contributed by atoms with Crippen LogP contribution in [0.3, 0.4) is 0 Å². The zero-order valence-electron chi connectivity index (χ0n) is 9.73. The van der Waals surface area contributed by atoms with Crippen LogP contribution in [0.2, 0.25) is 0 Å². The molecule has 0 radical (unpaired) electrons. The second-order valence-corrected chi connectivity index (χ2v) is 3.53. The summed E-state index contributed by atoms with van der Waals surface area (Å²) < 4.78 is 4.66. The van der Waals surface area contributed by atoms with E-state index in [4.69, 9.17) is 0 Å². The molecule has 0 aliphatic rings. The van der Waals surface area contributed by atoms with Gasteiger partial charge in [0.05, 0.1) is 4.92 Å². The summed E-state index contributed by atoms with van der Waals surface area (Å²) in [5, 5.41) is 13.3. The predicted octanol–water partition coefficient (Wildman–Crippen LogP) is 1.17. The fraction of sp³-hybridized carbons (Fsp3) is 0.364. The Morgan fingerprint density at radius 3 is 2.82 bits per heavy atom. The molecule has 0 aromatic heterocycles. The van der Waals surface area contributed by atoms with Gasteiger partial charge in [0.2, 0.25) is 5.91 Å². The minimum Gasteiger partial charge on any atom is -0.375 e. The molecule has 0 atom stereocenters. The number of rotatable bonds is 5. The first-order chi connectivity index (χ1) is 8.06. The van der Waals surface area contributed by atoms with Crippen molar-refractivity contribution in [2.75, 3.05) is 13.7 Å². The lowest BCUT2D eigenvalue weighted by atomic mass is 10.1. The standard InChI is InChI=1S/C11H14N2O4/c1-8-9(6-12-11(14)7-17-2)4-3-5-10(8)13(15)16/h3-5H,6-7H2,1-2H3,(H,12,14). The molecule has 0 fully saturated rings. The molecule has 6 nitrogen and oxygen atoms in total. The fourth-order valence-electron chi connectivity index (χ4n) is 1.44. The number of hydrogen-bond acceptors (Lipinski definition) is 4. The molecule has 1 aromatic rings. The van der Waals surface area contributed by atoms with Gasteiger partial charge in [0, 0.05) is 25.3 Å². The van der Waals surface area contributed by atoms with Gasteiger partial charge in [0.1, 0.15) is 6.61 Å². The maximum absolute atomic E-state index is 11.2. The van der Waals surface area contributed by atoms with Crippen LogP contribution in [0.4, 0.5) is 5.69 Å². The van der Waals surface area contributed by atoms with Crippen LogP contribution >= 0.6 is 0 Å². The van der Waals surface area contributed by atoms with Gasteiger partial charge >= 0.3 is 0 Å². The highest BCUT2D eigenvalue weighted by atomic mass is 16.6. The van der Waals surface area contributed by atoms with Gasteiger partial charge in [-0.1, -0.05) is 12.1 Å². The first kappa shape index (κ1) is 13.1. The topological polar surface area (TPSA) is 81.5 Å². The van der Waals surface area contributed by atoms with Crippen LogP contribution in [-0.2, 0) is 16.1 Å². The number of carbonyl (C=O) groups excluding carboxylic acids is 1. The Morgan fingerprint density at radius 2 is 2.24 bits per heavy atom. The number of nitrogens with zero attached hydrogens (tertiary/aromatic N) is 1. The number of carbonyl (C=O) groups is 1. The Balaban J connectivity index is 2.75. The van der Waals surface area contributed by atoms with Crippen LogP contribution in [0.25, 0.3) is 0 Å². The molecule has 0 saturated heterocycles. The van der Waals surface area contributed by atoms with Crippen molar-refractivity contribution in [2.45, 2.75) is 13.5 Å². The lowest BCUT2D eigenvalue weighted by Gasteiger charge is -2.07. The minimum atomic E-state index is -0.435. The predicted molar refractivity (Wildman–Crippen MR) is 61.6 cm³/mol. The van der Waals surface area contributed by atoms with Gasteiger partial charge in [-0.15, -0.1) is 0 Å². The largest absolute Gasteiger partial charge is 0.375 e. The second-order valence-electron chi connectivity index (χ2n) is 3.53. The lowest BCUT2D eigenvalue weighted by molar-refractivity contribution is -0.385. The van der Waals surface area contributed by atoms with E-state index in [1.165, 1.54) is 13.2 Å². The van der Waals surface area contributed by atoms with Crippen LogP contribution in [0.15, 0.2) is 18.2 Å². The first-order valence-electron chi connectivity index (χ1n) is 5.04. The van der Waals surface area contributed by atoms with Crippen molar-refractivity contribution in [3.63, 3.8) is 0 Å². The molecule has 0 bridgehead atoms. The fourth-order valence-corrected chi connectivity index (χ4v) is 1.44. The molecular weight excluding hydrogens is 224 g/mol. The third-order valence-electron chi connectivity index (χ3n) is 2.37. The second kappa shape index (κ2) is 5.95. The maximum atomic E-state index is 11.2. The summed E-state index contributed by atoms with van der Waals surface area (Å²) in [6.45, 7) is 1.90. The Morgan fingerprint density at radius 1 is 1.53 bits per heavy atom. The van der Waals surface area contributed by atoms with E-state index < -0.39 is 4.92 Å². The summed E-state index contributed by atoms with van der Waals surface area (Å²) in [5.41, 5.74) is 1.35. The molecule has 6 heteroatoms. The van der Waals surface area contributed by atoms with E-state index in [9.17, 15) is 14.9 Å². The van der Waals surface area contributed by atoms with Crippen LogP contribution in [0, 0.1) is 17.0 Å². The molecule has 1 amide bonds. The van der Waals surface area contributed by atoms with Crippen molar-refractivity contribution in [1.82, 2.24) is 5.32 Å². The zero-order valence-corrected chi connectivity index (χ0v) is 9.73. The summed E-state index contributed by atoms with van der Waals surface area (Å²) in [6.07, 6.45) is 0. The van der Waals surface area contributed by atoms with Gasteiger partial charge in [-0.3, -0.25) is 14.9 Å².